The molecule has 0 saturated heterocycles. The third-order valence-electron chi connectivity index (χ3n) is 2.90. The van der Waals surface area contributed by atoms with E-state index in [1.165, 1.54) is 17.7 Å². The molecule has 0 saturated carbocycles. The number of nitrogens with zero attached hydrogens (tertiary/aromatic N) is 2. The third kappa shape index (κ3) is 2.33. The van der Waals surface area contributed by atoms with Crippen LogP contribution in [-0.2, 0) is 4.79 Å². The number of aliphatic carboxylic acids is 1. The van der Waals surface area contributed by atoms with Crippen LogP contribution in [0.25, 0.3) is 10.9 Å². The van der Waals surface area contributed by atoms with Crippen molar-refractivity contribution >= 4 is 34.0 Å². The Morgan fingerprint density at radius 3 is 2.80 bits per heavy atom. The summed E-state index contributed by atoms with van der Waals surface area (Å²) in [7, 11) is 0. The lowest BCUT2D eigenvalue weighted by Gasteiger charge is -2.14. The molecule has 2 aromatic heterocycles. The number of rotatable bonds is 4. The summed E-state index contributed by atoms with van der Waals surface area (Å²) in [6.07, 6.45) is 1.43. The van der Waals surface area contributed by atoms with E-state index in [1.807, 2.05) is 35.7 Å². The van der Waals surface area contributed by atoms with Crippen molar-refractivity contribution in [2.75, 3.05) is 5.32 Å². The number of carboxylic acids is 1. The first-order valence-electron chi connectivity index (χ1n) is 5.98. The highest BCUT2D eigenvalue weighted by atomic mass is 32.1. The zero-order valence-electron chi connectivity index (χ0n) is 10.4. The molecule has 3 rings (SSSR count). The molecule has 6 heteroatoms. The zero-order valence-corrected chi connectivity index (χ0v) is 11.2. The van der Waals surface area contributed by atoms with Crippen LogP contribution in [0.3, 0.4) is 0 Å². The van der Waals surface area contributed by atoms with Crippen LogP contribution in [-0.4, -0.2) is 21.0 Å². The number of nitrogens with one attached hydrogen (secondary N) is 1. The van der Waals surface area contributed by atoms with Crippen molar-refractivity contribution < 1.29 is 9.90 Å². The second-order valence-electron chi connectivity index (χ2n) is 4.17. The number of hydrogen-bond donors (Lipinski definition) is 2. The van der Waals surface area contributed by atoms with Gasteiger partial charge < -0.3 is 10.4 Å². The molecule has 0 aliphatic heterocycles. The summed E-state index contributed by atoms with van der Waals surface area (Å²) in [6, 6.07) is 10.3. The van der Waals surface area contributed by atoms with Gasteiger partial charge in [-0.15, -0.1) is 11.3 Å². The van der Waals surface area contributed by atoms with Gasteiger partial charge in [0.1, 0.15) is 12.1 Å². The van der Waals surface area contributed by atoms with Gasteiger partial charge in [-0.05, 0) is 23.6 Å². The van der Waals surface area contributed by atoms with Gasteiger partial charge in [-0.1, -0.05) is 18.2 Å². The fourth-order valence-electron chi connectivity index (χ4n) is 1.97. The molecule has 2 heterocycles. The van der Waals surface area contributed by atoms with Gasteiger partial charge in [0.2, 0.25) is 0 Å². The predicted octanol–water partition coefficient (Wildman–Crippen LogP) is 2.93. The lowest BCUT2D eigenvalue weighted by Crippen LogP contribution is -2.20. The lowest BCUT2D eigenvalue weighted by molar-refractivity contribution is -0.138. The Labute approximate surface area is 118 Å². The highest BCUT2D eigenvalue weighted by molar-refractivity contribution is 7.10. The van der Waals surface area contributed by atoms with Crippen LogP contribution in [0.4, 0.5) is 5.82 Å². The van der Waals surface area contributed by atoms with E-state index >= 15 is 0 Å². The van der Waals surface area contributed by atoms with Gasteiger partial charge in [-0.2, -0.15) is 0 Å². The molecule has 3 aromatic rings. The van der Waals surface area contributed by atoms with Crippen molar-refractivity contribution in [2.24, 2.45) is 0 Å². The van der Waals surface area contributed by atoms with Gasteiger partial charge >= 0.3 is 5.97 Å². The molecule has 0 spiro atoms. The van der Waals surface area contributed by atoms with Gasteiger partial charge in [0.25, 0.3) is 0 Å². The first-order chi connectivity index (χ1) is 9.75. The van der Waals surface area contributed by atoms with Gasteiger partial charge in [0, 0.05) is 10.3 Å². The minimum atomic E-state index is -0.935. The summed E-state index contributed by atoms with van der Waals surface area (Å²) in [5, 5.41) is 15.0. The number of hydrogen-bond acceptors (Lipinski definition) is 5. The zero-order chi connectivity index (χ0) is 13.9. The number of para-hydroxylation sites is 1. The number of fused-ring (bicyclic) bond motifs is 1. The summed E-state index contributed by atoms with van der Waals surface area (Å²) in [5.41, 5.74) is 0.778. The van der Waals surface area contributed by atoms with Crippen molar-refractivity contribution in [1.82, 2.24) is 9.97 Å². The van der Waals surface area contributed by atoms with Crippen LogP contribution in [0.15, 0.2) is 48.1 Å². The van der Waals surface area contributed by atoms with Crippen molar-refractivity contribution in [2.45, 2.75) is 6.04 Å². The largest absolute Gasteiger partial charge is 0.479 e. The summed E-state index contributed by atoms with van der Waals surface area (Å²) < 4.78 is 0. The highest BCUT2D eigenvalue weighted by Crippen LogP contribution is 2.26. The number of thiophene rings is 1. The standard InChI is InChI=1S/C14H11N3O2S/c18-14(19)12(11-6-3-7-20-11)17-13-9-4-1-2-5-10(9)15-8-16-13/h1-8,12H,(H,18,19)(H,15,16,17). The van der Waals surface area contributed by atoms with Gasteiger partial charge in [-0.3, -0.25) is 0 Å². The first kappa shape index (κ1) is 12.6. The monoisotopic (exact) mass is 285 g/mol. The second kappa shape index (κ2) is 5.26. The Morgan fingerprint density at radius 2 is 2.05 bits per heavy atom. The van der Waals surface area contributed by atoms with E-state index in [1.54, 1.807) is 6.07 Å². The second-order valence-corrected chi connectivity index (χ2v) is 5.15. The molecular formula is C14H11N3O2S. The Kier molecular flexibility index (Phi) is 3.30. The maximum absolute atomic E-state index is 11.4. The number of benzene rings is 1. The normalized spacial score (nSPS) is 12.2. The molecule has 1 aromatic carbocycles. The van der Waals surface area contributed by atoms with Crippen molar-refractivity contribution in [3.63, 3.8) is 0 Å². The molecule has 2 N–H and O–H groups in total. The van der Waals surface area contributed by atoms with E-state index in [9.17, 15) is 9.90 Å². The molecule has 0 bridgehead atoms. The van der Waals surface area contributed by atoms with Gasteiger partial charge in [0.05, 0.1) is 5.52 Å². The number of anilines is 1. The van der Waals surface area contributed by atoms with E-state index in [-0.39, 0.29) is 0 Å². The molecule has 0 aliphatic rings. The average molecular weight is 285 g/mol. The van der Waals surface area contributed by atoms with Crippen LogP contribution in [0.1, 0.15) is 10.9 Å². The number of aromatic nitrogens is 2. The van der Waals surface area contributed by atoms with Crippen LogP contribution >= 0.6 is 11.3 Å². The van der Waals surface area contributed by atoms with E-state index in [2.05, 4.69) is 15.3 Å². The Bertz CT molecular complexity index is 738. The Morgan fingerprint density at radius 1 is 1.20 bits per heavy atom. The van der Waals surface area contributed by atoms with Crippen molar-refractivity contribution in [1.29, 1.82) is 0 Å². The molecule has 0 amide bonds. The van der Waals surface area contributed by atoms with E-state index in [4.69, 9.17) is 0 Å². The number of carboxylic acid groups (broad SMARTS) is 1. The molecule has 20 heavy (non-hydrogen) atoms. The van der Waals surface area contributed by atoms with Crippen LogP contribution in [0, 0.1) is 0 Å². The Hall–Kier alpha value is -2.47. The van der Waals surface area contributed by atoms with Crippen LogP contribution < -0.4 is 5.32 Å². The smallest absolute Gasteiger partial charge is 0.331 e. The minimum absolute atomic E-state index is 0.524. The molecular weight excluding hydrogens is 274 g/mol. The van der Waals surface area contributed by atoms with Crippen LogP contribution in [0.2, 0.25) is 0 Å². The predicted molar refractivity (Wildman–Crippen MR) is 77.9 cm³/mol. The maximum Gasteiger partial charge on any atom is 0.331 e. The molecule has 0 aliphatic carbocycles. The third-order valence-corrected chi connectivity index (χ3v) is 3.84. The van der Waals surface area contributed by atoms with E-state index in [0.717, 1.165) is 15.8 Å². The topological polar surface area (TPSA) is 75.1 Å². The van der Waals surface area contributed by atoms with Crippen molar-refractivity contribution in [3.05, 3.63) is 53.0 Å². The molecule has 1 unspecified atom stereocenters. The lowest BCUT2D eigenvalue weighted by atomic mass is 10.2. The van der Waals surface area contributed by atoms with Crippen molar-refractivity contribution in [3.8, 4) is 0 Å². The summed E-state index contributed by atoms with van der Waals surface area (Å²) in [4.78, 5) is 20.5. The van der Waals surface area contributed by atoms with Crippen LogP contribution in [0.5, 0.6) is 0 Å². The van der Waals surface area contributed by atoms with E-state index in [0.29, 0.717) is 5.82 Å². The highest BCUT2D eigenvalue weighted by Gasteiger charge is 2.21. The summed E-state index contributed by atoms with van der Waals surface area (Å²) in [5.74, 6) is -0.411. The molecule has 0 radical (unpaired) electrons. The average Bonchev–Trinajstić information content (AvgIpc) is 2.98. The molecule has 1 atom stereocenters. The molecule has 100 valence electrons. The SMILES string of the molecule is O=C(O)C(Nc1ncnc2ccccc12)c1cccs1. The van der Waals surface area contributed by atoms with E-state index < -0.39 is 12.0 Å². The number of carbonyl (C=O) groups is 1. The van der Waals surface area contributed by atoms with Gasteiger partial charge in [0.15, 0.2) is 6.04 Å². The quantitative estimate of drug-likeness (QED) is 0.771. The first-order valence-corrected chi connectivity index (χ1v) is 6.86. The minimum Gasteiger partial charge on any atom is -0.479 e. The summed E-state index contributed by atoms with van der Waals surface area (Å²) in [6.45, 7) is 0. The fraction of sp³-hybridized carbons (Fsp3) is 0.0714. The molecule has 5 nitrogen and oxygen atoms in total. The maximum atomic E-state index is 11.4. The molecule has 0 fully saturated rings. The fourth-order valence-corrected chi connectivity index (χ4v) is 2.73. The Balaban J connectivity index is 2.01. The van der Waals surface area contributed by atoms with Gasteiger partial charge in [-0.25, -0.2) is 14.8 Å². The summed E-state index contributed by atoms with van der Waals surface area (Å²) >= 11 is 1.40.